The topological polar surface area (TPSA) is 89.3 Å². The minimum absolute atomic E-state index is 0.00723. The van der Waals surface area contributed by atoms with E-state index < -0.39 is 6.04 Å². The molecule has 0 saturated carbocycles. The van der Waals surface area contributed by atoms with Crippen molar-refractivity contribution in [2.45, 2.75) is 19.9 Å². The van der Waals surface area contributed by atoms with Crippen LogP contribution in [0.2, 0.25) is 0 Å². The molecule has 2 amide bonds. The van der Waals surface area contributed by atoms with E-state index in [-0.39, 0.29) is 24.3 Å². The Morgan fingerprint density at radius 1 is 1.30 bits per heavy atom. The standard InChI is InChI=1S/C16H23N5O2/c1-11(2)15(16(23)20(3)4)19-14(22)10-21(5)13-7-6-12(8-17)9-18-13/h6-7,9,11,15H,10H2,1-5H3,(H,19,22)/t15-/m1/s1. The van der Waals surface area contributed by atoms with Crippen LogP contribution in [0, 0.1) is 17.2 Å². The molecule has 0 aliphatic rings. The van der Waals surface area contributed by atoms with Gasteiger partial charge < -0.3 is 15.1 Å². The molecule has 7 nitrogen and oxygen atoms in total. The molecule has 0 spiro atoms. The van der Waals surface area contributed by atoms with E-state index in [1.807, 2.05) is 19.9 Å². The minimum atomic E-state index is -0.556. The van der Waals surface area contributed by atoms with Crippen molar-refractivity contribution in [3.63, 3.8) is 0 Å². The molecule has 0 fully saturated rings. The van der Waals surface area contributed by atoms with Crippen LogP contribution in [0.1, 0.15) is 19.4 Å². The number of nitriles is 1. The molecule has 1 heterocycles. The van der Waals surface area contributed by atoms with Crippen LogP contribution in [-0.2, 0) is 9.59 Å². The highest BCUT2D eigenvalue weighted by Crippen LogP contribution is 2.09. The monoisotopic (exact) mass is 317 g/mol. The number of nitrogens with one attached hydrogen (secondary N) is 1. The van der Waals surface area contributed by atoms with E-state index in [2.05, 4.69) is 10.3 Å². The lowest BCUT2D eigenvalue weighted by Crippen LogP contribution is -2.51. The third kappa shape index (κ3) is 5.25. The summed E-state index contributed by atoms with van der Waals surface area (Å²) in [6, 6.07) is 4.76. The third-order valence-corrected chi connectivity index (χ3v) is 3.34. The van der Waals surface area contributed by atoms with E-state index in [0.717, 1.165) is 0 Å². The zero-order valence-corrected chi connectivity index (χ0v) is 14.2. The number of nitrogens with zero attached hydrogens (tertiary/aromatic N) is 4. The molecule has 1 N–H and O–H groups in total. The number of anilines is 1. The summed E-state index contributed by atoms with van der Waals surface area (Å²) in [5.74, 6) is 0.187. The summed E-state index contributed by atoms with van der Waals surface area (Å²) in [6.07, 6.45) is 1.45. The van der Waals surface area contributed by atoms with Gasteiger partial charge in [-0.25, -0.2) is 4.98 Å². The maximum absolute atomic E-state index is 12.2. The van der Waals surface area contributed by atoms with Crippen molar-refractivity contribution in [1.82, 2.24) is 15.2 Å². The van der Waals surface area contributed by atoms with Crippen LogP contribution in [0.3, 0.4) is 0 Å². The lowest BCUT2D eigenvalue weighted by molar-refractivity contribution is -0.135. The molecule has 0 bridgehead atoms. The highest BCUT2D eigenvalue weighted by atomic mass is 16.2. The summed E-state index contributed by atoms with van der Waals surface area (Å²) >= 11 is 0. The van der Waals surface area contributed by atoms with Gasteiger partial charge >= 0.3 is 0 Å². The second-order valence-electron chi connectivity index (χ2n) is 5.89. The molecule has 23 heavy (non-hydrogen) atoms. The summed E-state index contributed by atoms with van der Waals surface area (Å²) in [5.41, 5.74) is 0.461. The van der Waals surface area contributed by atoms with Crippen LogP contribution in [0.5, 0.6) is 0 Å². The van der Waals surface area contributed by atoms with E-state index in [1.165, 1.54) is 11.1 Å². The lowest BCUT2D eigenvalue weighted by atomic mass is 10.0. The molecule has 0 aromatic carbocycles. The van der Waals surface area contributed by atoms with Crippen LogP contribution < -0.4 is 10.2 Å². The number of hydrogen-bond acceptors (Lipinski definition) is 5. The largest absolute Gasteiger partial charge is 0.350 e. The first-order valence-corrected chi connectivity index (χ1v) is 7.34. The Morgan fingerprint density at radius 3 is 2.39 bits per heavy atom. The summed E-state index contributed by atoms with van der Waals surface area (Å²) in [5, 5.41) is 11.5. The van der Waals surface area contributed by atoms with Gasteiger partial charge in [0.05, 0.1) is 12.1 Å². The minimum Gasteiger partial charge on any atom is -0.350 e. The number of hydrogen-bond donors (Lipinski definition) is 1. The lowest BCUT2D eigenvalue weighted by Gasteiger charge is -2.26. The van der Waals surface area contributed by atoms with Crippen molar-refractivity contribution in [3.8, 4) is 6.07 Å². The molecule has 0 aliphatic carbocycles. The summed E-state index contributed by atoms with van der Waals surface area (Å²) in [6.45, 7) is 3.85. The first-order valence-electron chi connectivity index (χ1n) is 7.34. The fraction of sp³-hybridized carbons (Fsp3) is 0.500. The molecule has 7 heteroatoms. The summed E-state index contributed by atoms with van der Waals surface area (Å²) < 4.78 is 0. The van der Waals surface area contributed by atoms with Gasteiger partial charge in [0.1, 0.15) is 17.9 Å². The molecule has 0 unspecified atom stereocenters. The molecular formula is C16H23N5O2. The molecule has 124 valence electrons. The van der Waals surface area contributed by atoms with E-state index in [9.17, 15) is 9.59 Å². The average molecular weight is 317 g/mol. The highest BCUT2D eigenvalue weighted by Gasteiger charge is 2.25. The van der Waals surface area contributed by atoms with Gasteiger partial charge in [0, 0.05) is 27.3 Å². The van der Waals surface area contributed by atoms with Crippen LogP contribution >= 0.6 is 0 Å². The smallest absolute Gasteiger partial charge is 0.244 e. The van der Waals surface area contributed by atoms with Crippen molar-refractivity contribution in [2.24, 2.45) is 5.92 Å². The number of amides is 2. The Morgan fingerprint density at radius 2 is 1.96 bits per heavy atom. The fourth-order valence-electron chi connectivity index (χ4n) is 1.99. The fourth-order valence-corrected chi connectivity index (χ4v) is 1.99. The second kappa shape index (κ2) is 8.13. The molecule has 1 aromatic rings. The average Bonchev–Trinajstić information content (AvgIpc) is 2.51. The predicted molar refractivity (Wildman–Crippen MR) is 87.7 cm³/mol. The number of carbonyl (C=O) groups is 2. The number of likely N-dealkylation sites (N-methyl/N-ethyl adjacent to an activating group) is 2. The Labute approximate surface area is 136 Å². The van der Waals surface area contributed by atoms with Gasteiger partial charge in [0.25, 0.3) is 0 Å². The number of aromatic nitrogens is 1. The van der Waals surface area contributed by atoms with E-state index in [0.29, 0.717) is 11.4 Å². The number of rotatable bonds is 6. The first kappa shape index (κ1) is 18.4. The Bertz CT molecular complexity index is 589. The van der Waals surface area contributed by atoms with Crippen LogP contribution in [0.4, 0.5) is 5.82 Å². The van der Waals surface area contributed by atoms with Gasteiger partial charge in [-0.3, -0.25) is 9.59 Å². The van der Waals surface area contributed by atoms with Gasteiger partial charge in [0.15, 0.2) is 0 Å². The van der Waals surface area contributed by atoms with E-state index in [4.69, 9.17) is 5.26 Å². The highest BCUT2D eigenvalue weighted by molar-refractivity contribution is 5.89. The Balaban J connectivity index is 2.70. The molecule has 1 rings (SSSR count). The molecule has 1 atom stereocenters. The van der Waals surface area contributed by atoms with E-state index >= 15 is 0 Å². The zero-order valence-electron chi connectivity index (χ0n) is 14.2. The molecular weight excluding hydrogens is 294 g/mol. The Hall–Kier alpha value is -2.62. The number of carbonyl (C=O) groups excluding carboxylic acids is 2. The van der Waals surface area contributed by atoms with Gasteiger partial charge in [-0.15, -0.1) is 0 Å². The molecule has 1 aromatic heterocycles. The van der Waals surface area contributed by atoms with Crippen LogP contribution in [0.25, 0.3) is 0 Å². The van der Waals surface area contributed by atoms with Crippen LogP contribution in [0.15, 0.2) is 18.3 Å². The summed E-state index contributed by atoms with van der Waals surface area (Å²) in [7, 11) is 5.05. The zero-order chi connectivity index (χ0) is 17.6. The van der Waals surface area contributed by atoms with Gasteiger partial charge in [-0.2, -0.15) is 5.26 Å². The van der Waals surface area contributed by atoms with Crippen molar-refractivity contribution < 1.29 is 9.59 Å². The molecule has 0 saturated heterocycles. The van der Waals surface area contributed by atoms with Crippen LogP contribution in [-0.4, -0.2) is 55.4 Å². The quantitative estimate of drug-likeness (QED) is 0.831. The van der Waals surface area contributed by atoms with Crippen molar-refractivity contribution in [3.05, 3.63) is 23.9 Å². The summed E-state index contributed by atoms with van der Waals surface area (Å²) in [4.78, 5) is 31.5. The molecule has 0 radical (unpaired) electrons. The van der Waals surface area contributed by atoms with E-state index in [1.54, 1.807) is 38.2 Å². The number of pyridine rings is 1. The molecule has 0 aliphatic heterocycles. The van der Waals surface area contributed by atoms with Gasteiger partial charge in [0.2, 0.25) is 11.8 Å². The van der Waals surface area contributed by atoms with Crippen molar-refractivity contribution >= 4 is 17.6 Å². The van der Waals surface area contributed by atoms with Gasteiger partial charge in [-0.05, 0) is 18.1 Å². The van der Waals surface area contributed by atoms with Gasteiger partial charge in [-0.1, -0.05) is 13.8 Å². The first-order chi connectivity index (χ1) is 10.8. The normalized spacial score (nSPS) is 11.5. The Kier molecular flexibility index (Phi) is 6.51. The maximum Gasteiger partial charge on any atom is 0.244 e. The second-order valence-corrected chi connectivity index (χ2v) is 5.89. The predicted octanol–water partition coefficient (Wildman–Crippen LogP) is 0.618. The van der Waals surface area contributed by atoms with Crippen molar-refractivity contribution in [1.29, 1.82) is 5.26 Å². The third-order valence-electron chi connectivity index (χ3n) is 3.34. The SMILES string of the molecule is CC(C)[C@@H](NC(=O)CN(C)c1ccc(C#N)cn1)C(=O)N(C)C. The van der Waals surface area contributed by atoms with Crippen molar-refractivity contribution in [2.75, 3.05) is 32.6 Å². The maximum atomic E-state index is 12.2.